The molecule has 0 aliphatic heterocycles. The minimum Gasteiger partial charge on any atom is -0.294 e. The molecule has 29 heavy (non-hydrogen) atoms. The first kappa shape index (κ1) is 21.2. The number of ketones is 1. The molecule has 1 aromatic carbocycles. The highest BCUT2D eigenvalue weighted by molar-refractivity contribution is 7.93. The number of Topliss-reactive ketones (excluding diaryl/α,β-unsaturated/α-hetero) is 1. The van der Waals surface area contributed by atoms with Crippen molar-refractivity contribution in [3.05, 3.63) is 51.8 Å². The number of thiophene rings is 1. The van der Waals surface area contributed by atoms with Gasteiger partial charge in [-0.3, -0.25) is 9.59 Å². The molecular weight excluding hydrogens is 436 g/mol. The van der Waals surface area contributed by atoms with Gasteiger partial charge in [0.25, 0.3) is 5.91 Å². The second kappa shape index (κ2) is 7.08. The molecule has 2 aromatic heterocycles. The molecule has 0 saturated heterocycles. The quantitative estimate of drug-likeness (QED) is 0.548. The first-order valence-corrected chi connectivity index (χ1v) is 12.9. The number of amides is 1. The van der Waals surface area contributed by atoms with Gasteiger partial charge in [-0.2, -0.15) is 0 Å². The summed E-state index contributed by atoms with van der Waals surface area (Å²) in [5, 5.41) is 1.91. The largest absolute Gasteiger partial charge is 0.294 e. The number of carbonyl (C=O) groups is 2. The van der Waals surface area contributed by atoms with Crippen molar-refractivity contribution in [1.82, 2.24) is 3.97 Å². The third kappa shape index (κ3) is 3.72. The van der Waals surface area contributed by atoms with Gasteiger partial charge in [-0.25, -0.2) is 25.1 Å². The molecule has 0 bridgehead atoms. The average Bonchev–Trinajstić information content (AvgIpc) is 3.17. The molecule has 154 valence electrons. The highest BCUT2D eigenvalue weighted by Gasteiger charge is 2.29. The molecule has 0 atom stereocenters. The number of fused-ring (bicyclic) bond motifs is 1. The smallest absolute Gasteiger partial charge is 0.282 e. The lowest BCUT2D eigenvalue weighted by atomic mass is 10.1. The van der Waals surface area contributed by atoms with E-state index in [1.54, 1.807) is 11.4 Å². The van der Waals surface area contributed by atoms with E-state index in [2.05, 4.69) is 0 Å². The van der Waals surface area contributed by atoms with Crippen LogP contribution in [0.25, 0.3) is 10.9 Å². The number of hydrogen-bond donors (Lipinski definition) is 0. The van der Waals surface area contributed by atoms with Gasteiger partial charge in [-0.15, -0.1) is 11.3 Å². The summed E-state index contributed by atoms with van der Waals surface area (Å²) in [7, 11) is -7.71. The number of benzene rings is 1. The highest BCUT2D eigenvalue weighted by atomic mass is 32.2. The molecule has 0 radical (unpaired) electrons. The van der Waals surface area contributed by atoms with Crippen LogP contribution in [-0.2, 0) is 20.0 Å². The first-order valence-electron chi connectivity index (χ1n) is 8.28. The van der Waals surface area contributed by atoms with E-state index in [1.807, 2.05) is 0 Å². The third-order valence-corrected chi connectivity index (χ3v) is 7.33. The molecule has 0 N–H and O–H groups in total. The normalized spacial score (nSPS) is 12.3. The number of hydrogen-bond acceptors (Lipinski definition) is 7. The summed E-state index contributed by atoms with van der Waals surface area (Å²) >= 11 is 1.10. The van der Waals surface area contributed by atoms with E-state index in [1.165, 1.54) is 38.1 Å². The Labute approximate surface area is 172 Å². The van der Waals surface area contributed by atoms with Gasteiger partial charge in [0, 0.05) is 16.6 Å². The molecule has 0 unspecified atom stereocenters. The van der Waals surface area contributed by atoms with E-state index in [0.717, 1.165) is 27.8 Å². The van der Waals surface area contributed by atoms with Crippen LogP contribution in [0.3, 0.4) is 0 Å². The van der Waals surface area contributed by atoms with Gasteiger partial charge < -0.3 is 0 Å². The lowest BCUT2D eigenvalue weighted by Gasteiger charge is -2.20. The van der Waals surface area contributed by atoms with Crippen LogP contribution in [0.1, 0.15) is 32.6 Å². The SMILES string of the molecule is CC(=O)c1c(C)n(S(C)(=O)=O)c2ccc(N(C(=O)c3cccs3)S(C)(=O)=O)cc12. The van der Waals surface area contributed by atoms with Gasteiger partial charge in [-0.05, 0) is 43.5 Å². The third-order valence-electron chi connectivity index (χ3n) is 4.30. The molecule has 2 heterocycles. The second-order valence-electron chi connectivity index (χ2n) is 6.56. The van der Waals surface area contributed by atoms with E-state index >= 15 is 0 Å². The monoisotopic (exact) mass is 454 g/mol. The summed E-state index contributed by atoms with van der Waals surface area (Å²) in [5.74, 6) is -1.10. The fourth-order valence-electron chi connectivity index (χ4n) is 3.34. The summed E-state index contributed by atoms with van der Waals surface area (Å²) in [6.07, 6.45) is 1.92. The van der Waals surface area contributed by atoms with Crippen molar-refractivity contribution < 1.29 is 26.4 Å². The predicted octanol–water partition coefficient (Wildman–Crippen LogP) is 2.63. The van der Waals surface area contributed by atoms with Gasteiger partial charge in [0.15, 0.2) is 5.78 Å². The zero-order chi connectivity index (χ0) is 21.7. The molecule has 0 fully saturated rings. The van der Waals surface area contributed by atoms with E-state index in [-0.39, 0.29) is 38.5 Å². The number of anilines is 1. The van der Waals surface area contributed by atoms with Crippen LogP contribution in [0.4, 0.5) is 5.69 Å². The lowest BCUT2D eigenvalue weighted by molar-refractivity contribution is 0.100. The standard InChI is InChI=1S/C18H18N2O6S3/c1-11-17(12(2)21)14-10-13(7-8-15(14)19(11)28(3,23)24)20(29(4,25)26)18(22)16-6-5-9-27-16/h5-10H,1-4H3. The Morgan fingerprint density at radius 2 is 1.72 bits per heavy atom. The molecule has 0 spiro atoms. The van der Waals surface area contributed by atoms with E-state index in [9.17, 15) is 26.4 Å². The maximum atomic E-state index is 12.8. The summed E-state index contributed by atoms with van der Waals surface area (Å²) < 4.78 is 51.0. The number of aromatic nitrogens is 1. The van der Waals surface area contributed by atoms with Crippen molar-refractivity contribution in [2.45, 2.75) is 13.8 Å². The van der Waals surface area contributed by atoms with E-state index in [0.29, 0.717) is 4.31 Å². The fourth-order valence-corrected chi connectivity index (χ4v) is 6.05. The van der Waals surface area contributed by atoms with Crippen LogP contribution < -0.4 is 4.31 Å². The van der Waals surface area contributed by atoms with Crippen LogP contribution in [0.15, 0.2) is 35.7 Å². The average molecular weight is 455 g/mol. The Hall–Kier alpha value is -2.50. The maximum absolute atomic E-state index is 12.8. The number of rotatable bonds is 5. The Morgan fingerprint density at radius 1 is 1.07 bits per heavy atom. The molecule has 0 saturated carbocycles. The molecule has 0 aliphatic rings. The fraction of sp³-hybridized carbons (Fsp3) is 0.222. The van der Waals surface area contributed by atoms with Crippen LogP contribution in [-0.4, -0.2) is 45.0 Å². The van der Waals surface area contributed by atoms with Crippen LogP contribution >= 0.6 is 11.3 Å². The van der Waals surface area contributed by atoms with Crippen molar-refractivity contribution in [2.75, 3.05) is 16.8 Å². The lowest BCUT2D eigenvalue weighted by Crippen LogP contribution is -2.35. The topological polar surface area (TPSA) is 111 Å². The molecule has 8 nitrogen and oxygen atoms in total. The van der Waals surface area contributed by atoms with Crippen molar-refractivity contribution in [3.63, 3.8) is 0 Å². The number of sulfonamides is 1. The van der Waals surface area contributed by atoms with E-state index in [4.69, 9.17) is 0 Å². The molecule has 0 aliphatic carbocycles. The zero-order valence-corrected chi connectivity index (χ0v) is 18.5. The van der Waals surface area contributed by atoms with Crippen LogP contribution in [0.2, 0.25) is 0 Å². The highest BCUT2D eigenvalue weighted by Crippen LogP contribution is 2.33. The van der Waals surface area contributed by atoms with E-state index < -0.39 is 26.0 Å². The summed E-state index contributed by atoms with van der Waals surface area (Å²) in [6, 6.07) is 7.23. The van der Waals surface area contributed by atoms with Gasteiger partial charge in [-0.1, -0.05) is 6.07 Å². The van der Waals surface area contributed by atoms with Gasteiger partial charge in [0.2, 0.25) is 20.0 Å². The Kier molecular flexibility index (Phi) is 5.18. The second-order valence-corrected chi connectivity index (χ2v) is 11.2. The summed E-state index contributed by atoms with van der Waals surface area (Å²) in [4.78, 5) is 25.3. The van der Waals surface area contributed by atoms with Gasteiger partial charge in [0.1, 0.15) is 0 Å². The van der Waals surface area contributed by atoms with Gasteiger partial charge in [0.05, 0.1) is 28.6 Å². The van der Waals surface area contributed by atoms with Crippen molar-refractivity contribution >= 4 is 59.7 Å². The van der Waals surface area contributed by atoms with Crippen molar-refractivity contribution in [1.29, 1.82) is 0 Å². The summed E-state index contributed by atoms with van der Waals surface area (Å²) in [5.41, 5.74) is 0.634. The minimum atomic E-state index is -4.00. The Morgan fingerprint density at radius 3 is 2.21 bits per heavy atom. The molecule has 3 rings (SSSR count). The first-order chi connectivity index (χ1) is 13.3. The molecule has 11 heteroatoms. The minimum absolute atomic E-state index is 0.0200. The van der Waals surface area contributed by atoms with Crippen LogP contribution in [0.5, 0.6) is 0 Å². The number of nitrogens with zero attached hydrogens (tertiary/aromatic N) is 2. The predicted molar refractivity (Wildman–Crippen MR) is 113 cm³/mol. The van der Waals surface area contributed by atoms with Crippen molar-refractivity contribution in [2.24, 2.45) is 0 Å². The molecule has 1 amide bonds. The summed E-state index contributed by atoms with van der Waals surface area (Å²) in [6.45, 7) is 2.80. The molecule has 3 aromatic rings. The zero-order valence-electron chi connectivity index (χ0n) is 16.0. The number of carbonyl (C=O) groups excluding carboxylic acids is 2. The van der Waals surface area contributed by atoms with Crippen molar-refractivity contribution in [3.8, 4) is 0 Å². The molecular formula is C18H18N2O6S3. The maximum Gasteiger partial charge on any atom is 0.282 e. The Balaban J connectivity index is 2.34. The van der Waals surface area contributed by atoms with Gasteiger partial charge >= 0.3 is 0 Å². The Bertz CT molecular complexity index is 1350. The van der Waals surface area contributed by atoms with Crippen LogP contribution in [0, 0.1) is 6.92 Å².